The molecule has 27 heavy (non-hydrogen) atoms. The Hall–Kier alpha value is -2.87. The lowest BCUT2D eigenvalue weighted by atomic mass is 9.92. The summed E-state index contributed by atoms with van der Waals surface area (Å²) in [4.78, 5) is 32.2. The third kappa shape index (κ3) is 2.76. The Morgan fingerprint density at radius 1 is 1.22 bits per heavy atom. The van der Waals surface area contributed by atoms with Gasteiger partial charge < -0.3 is 14.2 Å². The summed E-state index contributed by atoms with van der Waals surface area (Å²) in [6, 6.07) is 5.15. The second-order valence-electron chi connectivity index (χ2n) is 6.77. The van der Waals surface area contributed by atoms with Crippen LogP contribution in [-0.4, -0.2) is 21.8 Å². The summed E-state index contributed by atoms with van der Waals surface area (Å²) in [6.45, 7) is 7.11. The van der Waals surface area contributed by atoms with E-state index in [2.05, 4.69) is 10.3 Å². The molecule has 1 fully saturated rings. The molecule has 7 nitrogen and oxygen atoms in total. The summed E-state index contributed by atoms with van der Waals surface area (Å²) in [5.74, 6) is 2.05. The van der Waals surface area contributed by atoms with Crippen molar-refractivity contribution in [2.75, 3.05) is 0 Å². The molecule has 0 radical (unpaired) electrons. The van der Waals surface area contributed by atoms with Gasteiger partial charge in [0.1, 0.15) is 28.5 Å². The topological polar surface area (TPSA) is 88.6 Å². The number of aromatic nitrogens is 1. The second kappa shape index (κ2) is 6.09. The van der Waals surface area contributed by atoms with Crippen LogP contribution < -0.4 is 5.32 Å². The van der Waals surface area contributed by atoms with Crippen LogP contribution in [0.25, 0.3) is 10.8 Å². The summed E-state index contributed by atoms with van der Waals surface area (Å²) in [5, 5.41) is 4.73. The number of carbonyl (C=O) groups is 2. The number of imide groups is 1. The minimum atomic E-state index is -1.16. The molecule has 8 heteroatoms. The second-order valence-corrected chi connectivity index (χ2v) is 7.72. The lowest BCUT2D eigenvalue weighted by Gasteiger charge is -2.21. The van der Waals surface area contributed by atoms with E-state index in [-0.39, 0.29) is 12.5 Å². The highest BCUT2D eigenvalue weighted by Crippen LogP contribution is 2.34. The van der Waals surface area contributed by atoms with E-state index in [0.717, 1.165) is 4.88 Å². The predicted molar refractivity (Wildman–Crippen MR) is 99.2 cm³/mol. The summed E-state index contributed by atoms with van der Waals surface area (Å²) in [6.07, 6.45) is 0. The summed E-state index contributed by atoms with van der Waals surface area (Å²) >= 11 is 1.52. The van der Waals surface area contributed by atoms with Crippen molar-refractivity contribution in [2.45, 2.75) is 39.8 Å². The van der Waals surface area contributed by atoms with Crippen LogP contribution in [0, 0.1) is 20.8 Å². The Kier molecular flexibility index (Phi) is 3.96. The van der Waals surface area contributed by atoms with E-state index in [1.807, 2.05) is 24.4 Å². The maximum absolute atomic E-state index is 13.1. The lowest BCUT2D eigenvalue weighted by molar-refractivity contribution is -0.131. The van der Waals surface area contributed by atoms with E-state index in [0.29, 0.717) is 34.4 Å². The minimum Gasteiger partial charge on any atom is -0.466 e. The number of nitrogens with zero attached hydrogens (tertiary/aromatic N) is 2. The van der Waals surface area contributed by atoms with E-state index < -0.39 is 11.6 Å². The largest absolute Gasteiger partial charge is 0.466 e. The van der Waals surface area contributed by atoms with Crippen LogP contribution in [0.5, 0.6) is 0 Å². The number of urea groups is 1. The van der Waals surface area contributed by atoms with Gasteiger partial charge in [-0.25, -0.2) is 9.78 Å². The molecule has 0 spiro atoms. The quantitative estimate of drug-likeness (QED) is 0.688. The van der Waals surface area contributed by atoms with E-state index in [1.54, 1.807) is 26.8 Å². The van der Waals surface area contributed by atoms with Crippen molar-refractivity contribution in [1.29, 1.82) is 0 Å². The molecule has 3 amide bonds. The molecule has 1 aliphatic rings. The number of nitrogens with one attached hydrogen (secondary N) is 1. The van der Waals surface area contributed by atoms with E-state index >= 15 is 0 Å². The lowest BCUT2D eigenvalue weighted by Crippen LogP contribution is -2.41. The van der Waals surface area contributed by atoms with Crippen molar-refractivity contribution in [3.8, 4) is 10.8 Å². The van der Waals surface area contributed by atoms with E-state index in [4.69, 9.17) is 8.83 Å². The maximum Gasteiger partial charge on any atom is 0.325 e. The Bertz CT molecular complexity index is 1030. The standard InChI is InChI=1S/C19H19N3O4S/c1-10-8-13(11(2)25-10)19(4)17(23)22(18(24)21-19)9-14-12(3)26-16(20-14)15-6-5-7-27-15/h5-8H,9H2,1-4H3,(H,21,24). The molecule has 1 N–H and O–H groups in total. The van der Waals surface area contributed by atoms with Crippen molar-refractivity contribution < 1.29 is 18.4 Å². The smallest absolute Gasteiger partial charge is 0.325 e. The zero-order valence-corrected chi connectivity index (χ0v) is 16.3. The molecule has 1 atom stereocenters. The predicted octanol–water partition coefficient (Wildman–Crippen LogP) is 3.89. The maximum atomic E-state index is 13.1. The van der Waals surface area contributed by atoms with Gasteiger partial charge in [0.05, 0.1) is 11.4 Å². The van der Waals surface area contributed by atoms with Crippen LogP contribution in [0.15, 0.2) is 32.4 Å². The van der Waals surface area contributed by atoms with Crippen molar-refractivity contribution >= 4 is 23.3 Å². The van der Waals surface area contributed by atoms with Gasteiger partial charge >= 0.3 is 6.03 Å². The van der Waals surface area contributed by atoms with Crippen LogP contribution in [0.3, 0.4) is 0 Å². The normalized spacial score (nSPS) is 19.8. The first kappa shape index (κ1) is 17.5. The van der Waals surface area contributed by atoms with Gasteiger partial charge in [0, 0.05) is 5.56 Å². The fraction of sp³-hybridized carbons (Fsp3) is 0.316. The number of oxazole rings is 1. The summed E-state index contributed by atoms with van der Waals surface area (Å²) in [5.41, 5.74) is 0.0657. The molecule has 3 aromatic heterocycles. The monoisotopic (exact) mass is 385 g/mol. The van der Waals surface area contributed by atoms with Crippen LogP contribution in [0.1, 0.15) is 35.5 Å². The third-order valence-electron chi connectivity index (χ3n) is 4.79. The first-order valence-corrected chi connectivity index (χ1v) is 9.39. The first-order valence-electron chi connectivity index (χ1n) is 8.51. The van der Waals surface area contributed by atoms with Gasteiger partial charge in [0.15, 0.2) is 0 Å². The molecular weight excluding hydrogens is 366 g/mol. The molecule has 0 aromatic carbocycles. The van der Waals surface area contributed by atoms with Gasteiger partial charge in [-0.05, 0) is 45.2 Å². The average Bonchev–Trinajstić information content (AvgIpc) is 3.35. The van der Waals surface area contributed by atoms with Crippen LogP contribution >= 0.6 is 11.3 Å². The van der Waals surface area contributed by atoms with Crippen LogP contribution in [0.4, 0.5) is 4.79 Å². The van der Waals surface area contributed by atoms with Crippen molar-refractivity contribution in [3.63, 3.8) is 0 Å². The Morgan fingerprint density at radius 3 is 2.63 bits per heavy atom. The number of rotatable bonds is 4. The highest BCUT2D eigenvalue weighted by molar-refractivity contribution is 7.13. The van der Waals surface area contributed by atoms with Gasteiger partial charge in [-0.15, -0.1) is 11.3 Å². The number of carbonyl (C=O) groups excluding carboxylic acids is 2. The Balaban J connectivity index is 1.63. The molecule has 0 aliphatic carbocycles. The van der Waals surface area contributed by atoms with E-state index in [1.165, 1.54) is 16.2 Å². The van der Waals surface area contributed by atoms with Gasteiger partial charge in [0.25, 0.3) is 5.91 Å². The molecular formula is C19H19N3O4S. The molecule has 1 aliphatic heterocycles. The summed E-state index contributed by atoms with van der Waals surface area (Å²) < 4.78 is 11.3. The van der Waals surface area contributed by atoms with E-state index in [9.17, 15) is 9.59 Å². The Morgan fingerprint density at radius 2 is 2.00 bits per heavy atom. The van der Waals surface area contributed by atoms with Gasteiger partial charge in [-0.3, -0.25) is 9.69 Å². The SMILES string of the molecule is Cc1cc(C2(C)NC(=O)N(Cc3nc(-c4cccs4)oc3C)C2=O)c(C)o1. The third-order valence-corrected chi connectivity index (χ3v) is 5.64. The Labute approximate surface area is 160 Å². The van der Waals surface area contributed by atoms with Gasteiger partial charge in [-0.1, -0.05) is 6.07 Å². The number of hydrogen-bond donors (Lipinski definition) is 1. The molecule has 4 heterocycles. The minimum absolute atomic E-state index is 0.0524. The molecule has 0 bridgehead atoms. The van der Waals surface area contributed by atoms with Crippen molar-refractivity contribution in [1.82, 2.24) is 15.2 Å². The number of aryl methyl sites for hydroxylation is 3. The fourth-order valence-electron chi connectivity index (χ4n) is 3.38. The number of amides is 3. The molecule has 4 rings (SSSR count). The van der Waals surface area contributed by atoms with Gasteiger partial charge in [-0.2, -0.15) is 0 Å². The highest BCUT2D eigenvalue weighted by atomic mass is 32.1. The van der Waals surface area contributed by atoms with Crippen molar-refractivity contribution in [2.24, 2.45) is 0 Å². The van der Waals surface area contributed by atoms with Crippen LogP contribution in [-0.2, 0) is 16.9 Å². The number of hydrogen-bond acceptors (Lipinski definition) is 6. The number of furan rings is 1. The van der Waals surface area contributed by atoms with Gasteiger partial charge in [0.2, 0.25) is 5.89 Å². The highest BCUT2D eigenvalue weighted by Gasteiger charge is 2.50. The molecule has 1 saturated heterocycles. The zero-order chi connectivity index (χ0) is 19.3. The molecule has 1 unspecified atom stereocenters. The molecule has 0 saturated carbocycles. The molecule has 3 aromatic rings. The summed E-state index contributed by atoms with van der Waals surface area (Å²) in [7, 11) is 0. The van der Waals surface area contributed by atoms with Crippen molar-refractivity contribution in [3.05, 3.63) is 52.1 Å². The number of thiophene rings is 1. The van der Waals surface area contributed by atoms with Crippen LogP contribution in [0.2, 0.25) is 0 Å². The average molecular weight is 385 g/mol. The first-order chi connectivity index (χ1) is 12.8. The molecule has 140 valence electrons. The fourth-order valence-corrected chi connectivity index (χ4v) is 4.03. The zero-order valence-electron chi connectivity index (χ0n) is 15.5.